The van der Waals surface area contributed by atoms with E-state index in [2.05, 4.69) is 6.58 Å². The van der Waals surface area contributed by atoms with Gasteiger partial charge < -0.3 is 5.73 Å². The summed E-state index contributed by atoms with van der Waals surface area (Å²) in [7, 11) is 0. The van der Waals surface area contributed by atoms with Crippen molar-refractivity contribution in [3.8, 4) is 0 Å². The van der Waals surface area contributed by atoms with Crippen molar-refractivity contribution in [3.63, 3.8) is 0 Å². The van der Waals surface area contributed by atoms with Crippen molar-refractivity contribution < 1.29 is 18.0 Å². The highest BCUT2D eigenvalue weighted by Crippen LogP contribution is 2.25. The van der Waals surface area contributed by atoms with E-state index in [0.29, 0.717) is 6.08 Å². The topological polar surface area (TPSA) is 43.1 Å². The van der Waals surface area contributed by atoms with Crippen LogP contribution in [0.5, 0.6) is 0 Å². The lowest BCUT2D eigenvalue weighted by atomic mass is 10.1. The number of amides is 1. The molecule has 1 amide bonds. The van der Waals surface area contributed by atoms with Gasteiger partial charge in [-0.15, -0.1) is 0 Å². The number of nitrogens with two attached hydrogens (primary N) is 1. The lowest BCUT2D eigenvalue weighted by Crippen LogP contribution is -2.15. The highest BCUT2D eigenvalue weighted by atomic mass is 19.4. The van der Waals surface area contributed by atoms with Crippen LogP contribution in [0.25, 0.3) is 0 Å². The zero-order valence-electron chi connectivity index (χ0n) is 7.56. The van der Waals surface area contributed by atoms with Crippen molar-refractivity contribution in [3.05, 3.63) is 36.0 Å². The second-order valence-electron chi connectivity index (χ2n) is 2.55. The SMILES string of the molecule is C=C/C=C(\C=C(/C)C(F)(F)F)C(N)=O. The fourth-order valence-electron chi connectivity index (χ4n) is 0.643. The quantitative estimate of drug-likeness (QED) is 0.556. The molecular weight excluding hydrogens is 195 g/mol. The lowest BCUT2D eigenvalue weighted by molar-refractivity contribution is -0.114. The van der Waals surface area contributed by atoms with E-state index in [9.17, 15) is 18.0 Å². The summed E-state index contributed by atoms with van der Waals surface area (Å²) in [5.74, 6) is -0.923. The van der Waals surface area contributed by atoms with E-state index in [4.69, 9.17) is 5.73 Å². The molecular formula is C9H10F3NO. The first-order valence-corrected chi connectivity index (χ1v) is 3.67. The van der Waals surface area contributed by atoms with Crippen molar-refractivity contribution in [1.82, 2.24) is 0 Å². The highest BCUT2D eigenvalue weighted by molar-refractivity contribution is 5.95. The number of rotatable bonds is 3. The average molecular weight is 205 g/mol. The summed E-state index contributed by atoms with van der Waals surface area (Å²) in [6.07, 6.45) is -1.45. The first kappa shape index (κ1) is 12.5. The van der Waals surface area contributed by atoms with Crippen molar-refractivity contribution >= 4 is 5.91 Å². The van der Waals surface area contributed by atoms with Crippen molar-refractivity contribution in [2.24, 2.45) is 5.73 Å². The molecule has 0 aliphatic rings. The smallest absolute Gasteiger partial charge is 0.366 e. The summed E-state index contributed by atoms with van der Waals surface area (Å²) in [5.41, 5.74) is 3.74. The van der Waals surface area contributed by atoms with Crippen LogP contribution in [0, 0.1) is 0 Å². The number of primary amides is 1. The van der Waals surface area contributed by atoms with E-state index < -0.39 is 17.7 Å². The fourth-order valence-corrected chi connectivity index (χ4v) is 0.643. The minimum atomic E-state index is -4.45. The molecule has 0 aliphatic heterocycles. The van der Waals surface area contributed by atoms with Gasteiger partial charge in [-0.05, 0) is 13.0 Å². The van der Waals surface area contributed by atoms with Gasteiger partial charge in [-0.25, -0.2) is 0 Å². The number of allylic oxidation sites excluding steroid dienone is 3. The van der Waals surface area contributed by atoms with Gasteiger partial charge in [-0.3, -0.25) is 4.79 Å². The van der Waals surface area contributed by atoms with Gasteiger partial charge in [-0.1, -0.05) is 18.7 Å². The van der Waals surface area contributed by atoms with Crippen molar-refractivity contribution in [1.29, 1.82) is 0 Å². The third-order valence-electron chi connectivity index (χ3n) is 1.40. The molecule has 0 atom stereocenters. The molecule has 0 heterocycles. The number of halogens is 3. The molecule has 2 nitrogen and oxygen atoms in total. The van der Waals surface area contributed by atoms with Crippen LogP contribution in [0.2, 0.25) is 0 Å². The molecule has 2 N–H and O–H groups in total. The van der Waals surface area contributed by atoms with Gasteiger partial charge in [-0.2, -0.15) is 13.2 Å². The Morgan fingerprint density at radius 2 is 1.93 bits per heavy atom. The molecule has 0 spiro atoms. The number of carbonyl (C=O) groups excluding carboxylic acids is 1. The normalized spacial score (nSPS) is 14.0. The largest absolute Gasteiger partial charge is 0.412 e. The predicted octanol–water partition coefficient (Wildman–Crippen LogP) is 2.09. The van der Waals surface area contributed by atoms with E-state index in [1.54, 1.807) is 0 Å². The maximum atomic E-state index is 12.0. The molecule has 0 bridgehead atoms. The standard InChI is InChI=1S/C9H10F3NO/c1-3-4-7(8(13)14)5-6(2)9(10,11)12/h3-5H,1H2,2H3,(H2,13,14)/b6-5+,7-4+. The van der Waals surface area contributed by atoms with Crippen LogP contribution in [0.4, 0.5) is 13.2 Å². The van der Waals surface area contributed by atoms with Crippen LogP contribution >= 0.6 is 0 Å². The van der Waals surface area contributed by atoms with E-state index in [1.807, 2.05) is 0 Å². The third kappa shape index (κ3) is 3.93. The minimum absolute atomic E-state index is 0.227. The molecule has 5 heteroatoms. The van der Waals surface area contributed by atoms with Crippen LogP contribution in [0.1, 0.15) is 6.92 Å². The molecule has 0 aliphatic carbocycles. The Kier molecular flexibility index (Phi) is 4.14. The second-order valence-corrected chi connectivity index (χ2v) is 2.55. The molecule has 14 heavy (non-hydrogen) atoms. The number of alkyl halides is 3. The average Bonchev–Trinajstić information content (AvgIpc) is 2.01. The lowest BCUT2D eigenvalue weighted by Gasteiger charge is -2.06. The molecule has 0 aromatic heterocycles. The van der Waals surface area contributed by atoms with Crippen molar-refractivity contribution in [2.75, 3.05) is 0 Å². The van der Waals surface area contributed by atoms with Gasteiger partial charge in [0.25, 0.3) is 0 Å². The molecule has 0 saturated heterocycles. The van der Waals surface area contributed by atoms with E-state index in [-0.39, 0.29) is 5.57 Å². The molecule has 0 aromatic carbocycles. The maximum absolute atomic E-state index is 12.0. The van der Waals surface area contributed by atoms with E-state index in [0.717, 1.165) is 13.0 Å². The van der Waals surface area contributed by atoms with Gasteiger partial charge in [0.1, 0.15) is 0 Å². The Balaban J connectivity index is 5.02. The Morgan fingerprint density at radius 1 is 1.43 bits per heavy atom. The zero-order chi connectivity index (χ0) is 11.4. The summed E-state index contributed by atoms with van der Waals surface area (Å²) < 4.78 is 36.1. The van der Waals surface area contributed by atoms with Gasteiger partial charge in [0, 0.05) is 11.1 Å². The zero-order valence-corrected chi connectivity index (χ0v) is 7.56. The Hall–Kier alpha value is -1.52. The Morgan fingerprint density at radius 3 is 2.21 bits per heavy atom. The summed E-state index contributed by atoms with van der Waals surface area (Å²) in [6, 6.07) is 0. The third-order valence-corrected chi connectivity index (χ3v) is 1.40. The predicted molar refractivity (Wildman–Crippen MR) is 47.3 cm³/mol. The first-order valence-electron chi connectivity index (χ1n) is 3.67. The van der Waals surface area contributed by atoms with Crippen LogP contribution < -0.4 is 5.73 Å². The van der Waals surface area contributed by atoms with Crippen molar-refractivity contribution in [2.45, 2.75) is 13.1 Å². The number of hydrogen-bond donors (Lipinski definition) is 1. The molecule has 0 unspecified atom stereocenters. The maximum Gasteiger partial charge on any atom is 0.412 e. The van der Waals surface area contributed by atoms with E-state index >= 15 is 0 Å². The van der Waals surface area contributed by atoms with Gasteiger partial charge in [0.2, 0.25) is 5.91 Å². The number of hydrogen-bond acceptors (Lipinski definition) is 1. The first-order chi connectivity index (χ1) is 6.29. The van der Waals surface area contributed by atoms with E-state index in [1.165, 1.54) is 6.08 Å². The molecule has 0 fully saturated rings. The van der Waals surface area contributed by atoms with Crippen LogP contribution in [0.15, 0.2) is 36.0 Å². The molecule has 0 aromatic rings. The fraction of sp³-hybridized carbons (Fsp3) is 0.222. The minimum Gasteiger partial charge on any atom is -0.366 e. The summed E-state index contributed by atoms with van der Waals surface area (Å²) in [5, 5.41) is 0. The molecule has 0 rings (SSSR count). The van der Waals surface area contributed by atoms with Crippen LogP contribution in [-0.4, -0.2) is 12.1 Å². The summed E-state index contributed by atoms with van der Waals surface area (Å²) in [4.78, 5) is 10.6. The number of carbonyl (C=O) groups is 1. The van der Waals surface area contributed by atoms with Crippen LogP contribution in [0.3, 0.4) is 0 Å². The monoisotopic (exact) mass is 205 g/mol. The molecule has 0 saturated carbocycles. The highest BCUT2D eigenvalue weighted by Gasteiger charge is 2.30. The van der Waals surface area contributed by atoms with Crippen LogP contribution in [-0.2, 0) is 4.79 Å². The second kappa shape index (κ2) is 4.64. The van der Waals surface area contributed by atoms with Gasteiger partial charge in [0.15, 0.2) is 0 Å². The Bertz CT molecular complexity index is 300. The van der Waals surface area contributed by atoms with Gasteiger partial charge in [0.05, 0.1) is 0 Å². The van der Waals surface area contributed by atoms with Gasteiger partial charge >= 0.3 is 6.18 Å². The summed E-state index contributed by atoms with van der Waals surface area (Å²) in [6.45, 7) is 4.12. The summed E-state index contributed by atoms with van der Waals surface area (Å²) >= 11 is 0. The molecule has 78 valence electrons. The Labute approximate surface area is 79.6 Å². The molecule has 0 radical (unpaired) electrons.